The summed E-state index contributed by atoms with van der Waals surface area (Å²) in [5.74, 6) is 0.208. The Morgan fingerprint density at radius 1 is 1.33 bits per heavy atom. The van der Waals surface area contributed by atoms with Gasteiger partial charge in [0.15, 0.2) is 5.65 Å². The molecular formula is C10H15N5. The predicted molar refractivity (Wildman–Crippen MR) is 58.4 cm³/mol. The first-order valence-electron chi connectivity index (χ1n) is 4.99. The Morgan fingerprint density at radius 2 is 2.07 bits per heavy atom. The Hall–Kier alpha value is -1.49. The van der Waals surface area contributed by atoms with E-state index in [0.717, 1.165) is 16.7 Å². The number of nitrogens with two attached hydrogens (primary N) is 1. The Morgan fingerprint density at radius 3 is 2.73 bits per heavy atom. The lowest BCUT2D eigenvalue weighted by Crippen LogP contribution is -2.23. The Kier molecular flexibility index (Phi) is 2.40. The van der Waals surface area contributed by atoms with Gasteiger partial charge in [0.25, 0.3) is 0 Å². The molecule has 0 saturated carbocycles. The van der Waals surface area contributed by atoms with Crippen LogP contribution in [-0.2, 0) is 7.05 Å². The van der Waals surface area contributed by atoms with E-state index in [2.05, 4.69) is 22.0 Å². The summed E-state index contributed by atoms with van der Waals surface area (Å²) in [6, 6.07) is 0.0725. The Balaban J connectivity index is 2.61. The van der Waals surface area contributed by atoms with Crippen molar-refractivity contribution in [3.63, 3.8) is 0 Å². The van der Waals surface area contributed by atoms with Gasteiger partial charge in [-0.15, -0.1) is 0 Å². The summed E-state index contributed by atoms with van der Waals surface area (Å²) < 4.78 is 1.74. The van der Waals surface area contributed by atoms with Crippen molar-refractivity contribution in [2.75, 3.05) is 0 Å². The smallest absolute Gasteiger partial charge is 0.161 e. The SMILES string of the molecule is CC(N)C(C)c1ncnc2c1cnn2C. The highest BCUT2D eigenvalue weighted by atomic mass is 15.3. The molecule has 2 unspecified atom stereocenters. The van der Waals surface area contributed by atoms with Gasteiger partial charge in [0.1, 0.15) is 6.33 Å². The lowest BCUT2D eigenvalue weighted by atomic mass is 9.98. The standard InChI is InChI=1S/C10H15N5/c1-6(7(2)11)9-8-4-14-15(3)10(8)13-5-12-9/h4-7H,11H2,1-3H3. The van der Waals surface area contributed by atoms with Gasteiger partial charge in [-0.1, -0.05) is 6.92 Å². The van der Waals surface area contributed by atoms with E-state index in [1.54, 1.807) is 17.2 Å². The predicted octanol–water partition coefficient (Wildman–Crippen LogP) is 0.814. The van der Waals surface area contributed by atoms with Gasteiger partial charge >= 0.3 is 0 Å². The van der Waals surface area contributed by atoms with Gasteiger partial charge in [-0.25, -0.2) is 9.97 Å². The summed E-state index contributed by atoms with van der Waals surface area (Å²) >= 11 is 0. The first kappa shape index (κ1) is 10.0. The summed E-state index contributed by atoms with van der Waals surface area (Å²) in [6.45, 7) is 4.05. The summed E-state index contributed by atoms with van der Waals surface area (Å²) in [6.07, 6.45) is 3.36. The second-order valence-electron chi connectivity index (χ2n) is 3.91. The van der Waals surface area contributed by atoms with Crippen molar-refractivity contribution in [3.8, 4) is 0 Å². The zero-order valence-corrected chi connectivity index (χ0v) is 9.18. The van der Waals surface area contributed by atoms with Crippen LogP contribution in [0.4, 0.5) is 0 Å². The minimum atomic E-state index is 0.0725. The van der Waals surface area contributed by atoms with E-state index in [9.17, 15) is 0 Å². The number of hydrogen-bond donors (Lipinski definition) is 1. The van der Waals surface area contributed by atoms with Crippen molar-refractivity contribution in [1.29, 1.82) is 0 Å². The molecular weight excluding hydrogens is 190 g/mol. The van der Waals surface area contributed by atoms with E-state index in [1.165, 1.54) is 0 Å². The van der Waals surface area contributed by atoms with Crippen LogP contribution >= 0.6 is 0 Å². The van der Waals surface area contributed by atoms with Crippen molar-refractivity contribution >= 4 is 11.0 Å². The molecule has 2 heterocycles. The van der Waals surface area contributed by atoms with Crippen LogP contribution in [0.2, 0.25) is 0 Å². The average Bonchev–Trinajstić information content (AvgIpc) is 2.59. The summed E-state index contributed by atoms with van der Waals surface area (Å²) in [7, 11) is 1.87. The molecule has 0 bridgehead atoms. The fourth-order valence-corrected chi connectivity index (χ4v) is 1.59. The summed E-state index contributed by atoms with van der Waals surface area (Å²) in [5, 5.41) is 5.16. The van der Waals surface area contributed by atoms with Crippen molar-refractivity contribution in [3.05, 3.63) is 18.2 Å². The number of fused-ring (bicyclic) bond motifs is 1. The minimum absolute atomic E-state index is 0.0725. The first-order chi connectivity index (χ1) is 7.11. The first-order valence-corrected chi connectivity index (χ1v) is 4.99. The van der Waals surface area contributed by atoms with Gasteiger partial charge in [-0.3, -0.25) is 4.68 Å². The molecule has 0 amide bonds. The highest BCUT2D eigenvalue weighted by Crippen LogP contribution is 2.22. The quantitative estimate of drug-likeness (QED) is 0.787. The number of rotatable bonds is 2. The maximum Gasteiger partial charge on any atom is 0.161 e. The Labute approximate surface area is 88.3 Å². The third kappa shape index (κ3) is 1.59. The minimum Gasteiger partial charge on any atom is -0.327 e. The topological polar surface area (TPSA) is 69.6 Å². The summed E-state index contributed by atoms with van der Waals surface area (Å²) in [5.41, 5.74) is 7.71. The molecule has 80 valence electrons. The number of aromatic nitrogens is 4. The zero-order valence-electron chi connectivity index (χ0n) is 9.18. The number of hydrogen-bond acceptors (Lipinski definition) is 4. The van der Waals surface area contributed by atoms with E-state index in [4.69, 9.17) is 5.73 Å². The number of nitrogens with zero attached hydrogens (tertiary/aromatic N) is 4. The van der Waals surface area contributed by atoms with E-state index in [-0.39, 0.29) is 12.0 Å². The van der Waals surface area contributed by atoms with Gasteiger partial charge in [-0.2, -0.15) is 5.10 Å². The largest absolute Gasteiger partial charge is 0.327 e. The lowest BCUT2D eigenvalue weighted by Gasteiger charge is -2.14. The molecule has 0 spiro atoms. The van der Waals surface area contributed by atoms with Gasteiger partial charge < -0.3 is 5.73 Å². The van der Waals surface area contributed by atoms with Gasteiger partial charge in [-0.05, 0) is 6.92 Å². The molecule has 5 nitrogen and oxygen atoms in total. The van der Waals surface area contributed by atoms with Crippen molar-refractivity contribution in [2.45, 2.75) is 25.8 Å². The molecule has 5 heteroatoms. The van der Waals surface area contributed by atoms with E-state index >= 15 is 0 Å². The van der Waals surface area contributed by atoms with E-state index < -0.39 is 0 Å². The van der Waals surface area contributed by atoms with Crippen LogP contribution in [0, 0.1) is 0 Å². The second-order valence-corrected chi connectivity index (χ2v) is 3.91. The molecule has 2 rings (SSSR count). The molecule has 0 saturated heterocycles. The van der Waals surface area contributed by atoms with Crippen LogP contribution in [0.1, 0.15) is 25.5 Å². The van der Waals surface area contributed by atoms with Crippen LogP contribution in [0.3, 0.4) is 0 Å². The van der Waals surface area contributed by atoms with Crippen LogP contribution in [-0.4, -0.2) is 25.8 Å². The molecule has 0 aliphatic carbocycles. The van der Waals surface area contributed by atoms with Gasteiger partial charge in [0, 0.05) is 19.0 Å². The fraction of sp³-hybridized carbons (Fsp3) is 0.500. The van der Waals surface area contributed by atoms with Gasteiger partial charge in [0.05, 0.1) is 17.3 Å². The van der Waals surface area contributed by atoms with E-state index in [0.29, 0.717) is 0 Å². The molecule has 2 N–H and O–H groups in total. The monoisotopic (exact) mass is 205 g/mol. The molecule has 0 aliphatic rings. The third-order valence-corrected chi connectivity index (χ3v) is 2.78. The van der Waals surface area contributed by atoms with Crippen LogP contribution < -0.4 is 5.73 Å². The maximum atomic E-state index is 5.88. The maximum absolute atomic E-state index is 5.88. The van der Waals surface area contributed by atoms with E-state index in [1.807, 2.05) is 14.0 Å². The average molecular weight is 205 g/mol. The molecule has 15 heavy (non-hydrogen) atoms. The number of aryl methyl sites for hydroxylation is 1. The van der Waals surface area contributed by atoms with Crippen molar-refractivity contribution < 1.29 is 0 Å². The van der Waals surface area contributed by atoms with Crippen LogP contribution in [0.15, 0.2) is 12.5 Å². The molecule has 0 aromatic carbocycles. The lowest BCUT2D eigenvalue weighted by molar-refractivity contribution is 0.602. The normalized spacial score (nSPS) is 15.5. The van der Waals surface area contributed by atoms with Crippen molar-refractivity contribution in [2.24, 2.45) is 12.8 Å². The van der Waals surface area contributed by atoms with Crippen molar-refractivity contribution in [1.82, 2.24) is 19.7 Å². The second kappa shape index (κ2) is 3.58. The van der Waals surface area contributed by atoms with Crippen LogP contribution in [0.25, 0.3) is 11.0 Å². The van der Waals surface area contributed by atoms with Gasteiger partial charge in [0.2, 0.25) is 0 Å². The van der Waals surface area contributed by atoms with Crippen LogP contribution in [0.5, 0.6) is 0 Å². The zero-order chi connectivity index (χ0) is 11.0. The Bertz CT molecular complexity index is 474. The highest BCUT2D eigenvalue weighted by Gasteiger charge is 2.16. The summed E-state index contributed by atoms with van der Waals surface area (Å²) in [4.78, 5) is 8.49. The third-order valence-electron chi connectivity index (χ3n) is 2.78. The molecule has 0 aliphatic heterocycles. The molecule has 0 radical (unpaired) electrons. The molecule has 2 atom stereocenters. The molecule has 2 aromatic heterocycles. The fourth-order valence-electron chi connectivity index (χ4n) is 1.59. The molecule has 2 aromatic rings. The molecule has 0 fully saturated rings. The highest BCUT2D eigenvalue weighted by molar-refractivity contribution is 5.77.